The van der Waals surface area contributed by atoms with E-state index in [-0.39, 0.29) is 21.3 Å². The lowest BCUT2D eigenvalue weighted by Gasteiger charge is -2.11. The van der Waals surface area contributed by atoms with E-state index >= 15 is 0 Å². The molecule has 0 saturated carbocycles. The van der Waals surface area contributed by atoms with Crippen LogP contribution in [0.1, 0.15) is 11.1 Å². The maximum atomic E-state index is 13.7. The molecule has 0 aliphatic rings. The van der Waals surface area contributed by atoms with E-state index in [0.29, 0.717) is 33.1 Å². The van der Waals surface area contributed by atoms with Crippen LogP contribution in [0.4, 0.5) is 0 Å². The number of aromatic nitrogens is 3. The van der Waals surface area contributed by atoms with Gasteiger partial charge in [-0.1, -0.05) is 103 Å². The van der Waals surface area contributed by atoms with Crippen molar-refractivity contribution in [2.75, 3.05) is 0 Å². The van der Waals surface area contributed by atoms with Crippen LogP contribution in [-0.4, -0.2) is 31.8 Å². The third kappa shape index (κ3) is 6.22. The Morgan fingerprint density at radius 3 is 1.81 bits per heavy atom. The summed E-state index contributed by atoms with van der Waals surface area (Å²) in [6.07, 6.45) is 3.52. The van der Waals surface area contributed by atoms with Crippen molar-refractivity contribution in [3.63, 3.8) is 0 Å². The van der Waals surface area contributed by atoms with Gasteiger partial charge in [0, 0.05) is 10.8 Å². The monoisotopic (exact) mass is 659 g/mol. The second-order valence-electron chi connectivity index (χ2n) is 10.4. The lowest BCUT2D eigenvalue weighted by molar-refractivity contribution is 0.484. The molecule has 232 valence electrons. The molecule has 6 aromatic carbocycles. The van der Waals surface area contributed by atoms with Crippen molar-refractivity contribution in [3.8, 4) is 17.2 Å². The molecule has 0 saturated heterocycles. The van der Waals surface area contributed by atoms with Crippen LogP contribution in [0.3, 0.4) is 0 Å². The van der Waals surface area contributed by atoms with E-state index in [4.69, 9.17) is 8.37 Å². The van der Waals surface area contributed by atoms with Crippen LogP contribution < -0.4 is 8.37 Å². The SMILES string of the molecule is O=S(=O)(Oc1ccccc1)c1cc(-n2nc3ccc4c(S(=O)(=O)Oc5ccccc5)cccc4c3n2)ccc1/C=C\c1ccccc1. The summed E-state index contributed by atoms with van der Waals surface area (Å²) < 4.78 is 64.7. The summed E-state index contributed by atoms with van der Waals surface area (Å²) >= 11 is 0. The number of rotatable bonds is 9. The van der Waals surface area contributed by atoms with Crippen molar-refractivity contribution in [2.45, 2.75) is 9.79 Å². The van der Waals surface area contributed by atoms with Gasteiger partial charge in [0.15, 0.2) is 0 Å². The first-order valence-electron chi connectivity index (χ1n) is 14.4. The zero-order valence-electron chi connectivity index (χ0n) is 24.5. The predicted molar refractivity (Wildman–Crippen MR) is 180 cm³/mol. The normalized spacial score (nSPS) is 12.1. The summed E-state index contributed by atoms with van der Waals surface area (Å²) in [6, 6.07) is 39.0. The van der Waals surface area contributed by atoms with Crippen LogP contribution in [0.25, 0.3) is 39.6 Å². The molecule has 0 fully saturated rings. The van der Waals surface area contributed by atoms with Gasteiger partial charge < -0.3 is 8.37 Å². The van der Waals surface area contributed by atoms with E-state index in [1.165, 1.54) is 16.9 Å². The fraction of sp³-hybridized carbons (Fsp3) is 0. The molecule has 0 bridgehead atoms. The van der Waals surface area contributed by atoms with Crippen molar-refractivity contribution in [3.05, 3.63) is 151 Å². The first-order chi connectivity index (χ1) is 22.8. The van der Waals surface area contributed by atoms with Crippen LogP contribution in [0, 0.1) is 0 Å². The van der Waals surface area contributed by atoms with E-state index < -0.39 is 20.2 Å². The largest absolute Gasteiger partial charge is 0.379 e. The number of benzene rings is 6. The standard InChI is InChI=1S/C36H25N3O6S2/c40-46(41,44-29-13-6-2-7-14-29)34-18-10-17-32-31(34)23-24-33-36(32)38-39(37-33)28-22-21-27(20-19-26-11-4-1-5-12-26)35(25-28)47(42,43)45-30-15-8-3-9-16-30/h1-25H/b20-19-. The fourth-order valence-corrected chi connectivity index (χ4v) is 7.38. The fourth-order valence-electron chi connectivity index (χ4n) is 5.09. The van der Waals surface area contributed by atoms with E-state index in [1.807, 2.05) is 36.4 Å². The first kappa shape index (κ1) is 29.9. The Labute approximate surface area is 271 Å². The molecule has 7 rings (SSSR count). The molecule has 0 spiro atoms. The zero-order valence-corrected chi connectivity index (χ0v) is 26.2. The van der Waals surface area contributed by atoms with Crippen LogP contribution >= 0.6 is 0 Å². The molecule has 7 aromatic rings. The maximum Gasteiger partial charge on any atom is 0.339 e. The third-order valence-corrected chi connectivity index (χ3v) is 9.90. The van der Waals surface area contributed by atoms with Gasteiger partial charge in [0.1, 0.15) is 32.3 Å². The van der Waals surface area contributed by atoms with Crippen LogP contribution in [0.5, 0.6) is 11.5 Å². The van der Waals surface area contributed by atoms with Crippen molar-refractivity contribution < 1.29 is 25.2 Å². The molecule has 9 nitrogen and oxygen atoms in total. The summed E-state index contributed by atoms with van der Waals surface area (Å²) in [5.74, 6) is 0.368. The summed E-state index contributed by atoms with van der Waals surface area (Å²) in [6.45, 7) is 0. The highest BCUT2D eigenvalue weighted by Crippen LogP contribution is 2.31. The minimum absolute atomic E-state index is 0.0173. The van der Waals surface area contributed by atoms with Gasteiger partial charge in [-0.25, -0.2) is 0 Å². The van der Waals surface area contributed by atoms with Gasteiger partial charge in [-0.05, 0) is 59.7 Å². The molecule has 0 amide bonds. The molecule has 0 aliphatic carbocycles. The molecular weight excluding hydrogens is 635 g/mol. The molecule has 0 unspecified atom stereocenters. The van der Waals surface area contributed by atoms with Crippen LogP contribution in [0.2, 0.25) is 0 Å². The van der Waals surface area contributed by atoms with Crippen molar-refractivity contribution in [1.82, 2.24) is 15.0 Å². The summed E-state index contributed by atoms with van der Waals surface area (Å²) in [5, 5.41) is 10.2. The Kier molecular flexibility index (Phi) is 7.76. The van der Waals surface area contributed by atoms with Crippen LogP contribution in [0.15, 0.2) is 149 Å². The molecule has 0 radical (unpaired) electrons. The number of hydrogen-bond acceptors (Lipinski definition) is 8. The highest BCUT2D eigenvalue weighted by Gasteiger charge is 2.24. The minimum atomic E-state index is -4.29. The van der Waals surface area contributed by atoms with Crippen LogP contribution in [-0.2, 0) is 20.2 Å². The van der Waals surface area contributed by atoms with Gasteiger partial charge in [-0.3, -0.25) is 0 Å². The average molecular weight is 660 g/mol. The van der Waals surface area contributed by atoms with Crippen molar-refractivity contribution in [1.29, 1.82) is 0 Å². The smallest absolute Gasteiger partial charge is 0.339 e. The minimum Gasteiger partial charge on any atom is -0.379 e. The maximum absolute atomic E-state index is 13.7. The Balaban J connectivity index is 1.31. The number of fused-ring (bicyclic) bond motifs is 3. The molecular formula is C36H25N3O6S2. The summed E-state index contributed by atoms with van der Waals surface area (Å²) in [7, 11) is -8.47. The molecule has 0 atom stereocenters. The molecule has 47 heavy (non-hydrogen) atoms. The predicted octanol–water partition coefficient (Wildman–Crippen LogP) is 7.28. The molecule has 1 heterocycles. The highest BCUT2D eigenvalue weighted by molar-refractivity contribution is 7.87. The van der Waals surface area contributed by atoms with E-state index in [1.54, 1.807) is 103 Å². The number of para-hydroxylation sites is 2. The number of hydrogen-bond donors (Lipinski definition) is 0. The van der Waals surface area contributed by atoms with Gasteiger partial charge in [0.25, 0.3) is 0 Å². The summed E-state index contributed by atoms with van der Waals surface area (Å²) in [4.78, 5) is 1.22. The zero-order chi connectivity index (χ0) is 32.4. The lowest BCUT2D eigenvalue weighted by atomic mass is 10.1. The average Bonchev–Trinajstić information content (AvgIpc) is 3.53. The van der Waals surface area contributed by atoms with Crippen molar-refractivity contribution in [2.24, 2.45) is 0 Å². The molecule has 0 aliphatic heterocycles. The van der Waals surface area contributed by atoms with E-state index in [9.17, 15) is 16.8 Å². The summed E-state index contributed by atoms with van der Waals surface area (Å²) in [5.41, 5.74) is 2.57. The highest BCUT2D eigenvalue weighted by atomic mass is 32.2. The van der Waals surface area contributed by atoms with E-state index in [0.717, 1.165) is 5.56 Å². The van der Waals surface area contributed by atoms with E-state index in [2.05, 4.69) is 10.2 Å². The van der Waals surface area contributed by atoms with Crippen molar-refractivity contribution >= 4 is 54.2 Å². The Morgan fingerprint density at radius 2 is 1.15 bits per heavy atom. The molecule has 1 aromatic heterocycles. The molecule has 11 heteroatoms. The van der Waals surface area contributed by atoms with Gasteiger partial charge in [0.2, 0.25) is 0 Å². The first-order valence-corrected chi connectivity index (χ1v) is 17.2. The van der Waals surface area contributed by atoms with Gasteiger partial charge in [-0.2, -0.15) is 21.6 Å². The Hall–Kier alpha value is -5.78. The van der Waals surface area contributed by atoms with Gasteiger partial charge in [0.05, 0.1) is 5.69 Å². The number of nitrogens with zero attached hydrogens (tertiary/aromatic N) is 3. The second-order valence-corrected chi connectivity index (χ2v) is 13.5. The third-order valence-electron chi connectivity index (χ3n) is 7.29. The second kappa shape index (κ2) is 12.2. The Morgan fingerprint density at radius 1 is 0.532 bits per heavy atom. The quantitative estimate of drug-likeness (QED) is 0.117. The topological polar surface area (TPSA) is 117 Å². The van der Waals surface area contributed by atoms with Gasteiger partial charge in [-0.15, -0.1) is 10.2 Å². The Bertz CT molecular complexity index is 2480. The lowest BCUT2D eigenvalue weighted by Crippen LogP contribution is -2.12. The molecule has 0 N–H and O–H groups in total. The van der Waals surface area contributed by atoms with Gasteiger partial charge >= 0.3 is 20.2 Å².